The number of allylic oxidation sites excluding steroid dienone is 1. The number of aliphatic hydroxyl groups excluding tert-OH is 1. The predicted molar refractivity (Wildman–Crippen MR) is 148 cm³/mol. The number of fused-ring (bicyclic) bond motifs is 1. The normalized spacial score (nSPS) is 33.7. The number of Topliss-reactive ketones (excluding diaryl/α,β-unsaturated/α-hetero) is 2. The van der Waals surface area contributed by atoms with Gasteiger partial charge in [0, 0.05) is 31.8 Å². The molecule has 0 heterocycles. The first-order chi connectivity index (χ1) is 18.8. The van der Waals surface area contributed by atoms with Crippen molar-refractivity contribution in [1.82, 2.24) is 0 Å². The molecule has 0 radical (unpaired) electrons. The molecule has 0 amide bonds. The number of carbonyl (C=O) groups excluding carboxylic acids is 4. The summed E-state index contributed by atoms with van der Waals surface area (Å²) in [4.78, 5) is 52.0. The number of aliphatic hydroxyl groups is 2. The average Bonchev–Trinajstić information content (AvgIpc) is 3.15. The molecule has 4 rings (SSSR count). The molecule has 0 spiro atoms. The molecule has 2 fully saturated rings. The van der Waals surface area contributed by atoms with Crippen LogP contribution in [0.1, 0.15) is 78.2 Å². The van der Waals surface area contributed by atoms with E-state index in [0.717, 1.165) is 11.1 Å². The van der Waals surface area contributed by atoms with Crippen LogP contribution >= 0.6 is 0 Å². The zero-order valence-corrected chi connectivity index (χ0v) is 23.7. The maximum atomic E-state index is 13.6. The van der Waals surface area contributed by atoms with Gasteiger partial charge in [0.2, 0.25) is 0 Å². The Balaban J connectivity index is 1.72. The first-order valence-corrected chi connectivity index (χ1v) is 14.1. The predicted octanol–water partition coefficient (Wildman–Crippen LogP) is 4.12. The maximum Gasteiger partial charge on any atom is 0.331 e. The van der Waals surface area contributed by atoms with Gasteiger partial charge in [0.1, 0.15) is 29.4 Å². The minimum atomic E-state index is -1.82. The summed E-state index contributed by atoms with van der Waals surface area (Å²) < 4.78 is 11.4. The summed E-state index contributed by atoms with van der Waals surface area (Å²) in [7, 11) is 0. The average molecular weight is 553 g/mol. The molecule has 8 nitrogen and oxygen atoms in total. The molecule has 3 aliphatic carbocycles. The number of carbonyl (C=O) groups is 4. The van der Waals surface area contributed by atoms with E-state index < -0.39 is 52.6 Å². The van der Waals surface area contributed by atoms with Crippen molar-refractivity contribution in [3.8, 4) is 0 Å². The molecule has 7 atom stereocenters. The second kappa shape index (κ2) is 11.4. The van der Waals surface area contributed by atoms with Gasteiger partial charge in [-0.3, -0.25) is 14.4 Å². The van der Waals surface area contributed by atoms with Crippen LogP contribution in [-0.2, 0) is 28.7 Å². The standard InChI is InChI=1S/C32H40O8/c1-20(39-21(2)33)32(38)17-15-27(36)31(32,4)28(40-29(37)13-10-22-8-6-5-7-9-22)19-25-26(35)12-11-23-18-24(34)14-16-30(23,25)3/h5-11,13,20,24-25,28,34,38H,12,14-19H2,1-4H3/t20-,24-,25-,28+,30-,31+,32+/m0/s1. The van der Waals surface area contributed by atoms with E-state index in [2.05, 4.69) is 0 Å². The Morgan fingerprint density at radius 3 is 2.50 bits per heavy atom. The quantitative estimate of drug-likeness (QED) is 0.280. The molecule has 8 heteroatoms. The molecule has 0 unspecified atom stereocenters. The second-order valence-electron chi connectivity index (χ2n) is 12.0. The molecular formula is C32H40O8. The van der Waals surface area contributed by atoms with Crippen molar-refractivity contribution in [2.24, 2.45) is 16.7 Å². The van der Waals surface area contributed by atoms with Crippen molar-refractivity contribution in [3.63, 3.8) is 0 Å². The third-order valence-electron chi connectivity index (χ3n) is 9.68. The number of esters is 2. The highest BCUT2D eigenvalue weighted by Gasteiger charge is 2.66. The van der Waals surface area contributed by atoms with E-state index in [9.17, 15) is 29.4 Å². The Hall–Kier alpha value is -3.10. The minimum Gasteiger partial charge on any atom is -0.460 e. The van der Waals surface area contributed by atoms with Crippen LogP contribution in [0.15, 0.2) is 48.1 Å². The number of rotatable bonds is 8. The number of ketones is 2. The first kappa shape index (κ1) is 29.9. The third kappa shape index (κ3) is 5.44. The van der Waals surface area contributed by atoms with Gasteiger partial charge in [-0.25, -0.2) is 4.79 Å². The Morgan fingerprint density at radius 1 is 1.12 bits per heavy atom. The smallest absolute Gasteiger partial charge is 0.331 e. The van der Waals surface area contributed by atoms with Crippen LogP contribution in [0.5, 0.6) is 0 Å². The van der Waals surface area contributed by atoms with E-state index in [-0.39, 0.29) is 37.2 Å². The summed E-state index contributed by atoms with van der Waals surface area (Å²) >= 11 is 0. The lowest BCUT2D eigenvalue weighted by atomic mass is 9.56. The molecule has 2 saturated carbocycles. The van der Waals surface area contributed by atoms with Crippen molar-refractivity contribution in [1.29, 1.82) is 0 Å². The van der Waals surface area contributed by atoms with Crippen molar-refractivity contribution in [3.05, 3.63) is 53.6 Å². The topological polar surface area (TPSA) is 127 Å². The Labute approximate surface area is 235 Å². The summed E-state index contributed by atoms with van der Waals surface area (Å²) in [5.74, 6) is -2.25. The van der Waals surface area contributed by atoms with Gasteiger partial charge in [-0.2, -0.15) is 0 Å². The fraction of sp³-hybridized carbons (Fsp3) is 0.562. The Morgan fingerprint density at radius 2 is 1.82 bits per heavy atom. The van der Waals surface area contributed by atoms with Crippen LogP contribution in [0.3, 0.4) is 0 Å². The maximum absolute atomic E-state index is 13.6. The summed E-state index contributed by atoms with van der Waals surface area (Å²) in [6.45, 7) is 6.31. The molecule has 0 bridgehead atoms. The van der Waals surface area contributed by atoms with Gasteiger partial charge in [-0.05, 0) is 63.0 Å². The lowest BCUT2D eigenvalue weighted by molar-refractivity contribution is -0.202. The van der Waals surface area contributed by atoms with Gasteiger partial charge < -0.3 is 19.7 Å². The molecule has 0 saturated heterocycles. The van der Waals surface area contributed by atoms with E-state index in [1.54, 1.807) is 13.0 Å². The molecule has 2 N–H and O–H groups in total. The van der Waals surface area contributed by atoms with E-state index >= 15 is 0 Å². The highest BCUT2D eigenvalue weighted by Crippen LogP contribution is 2.55. The van der Waals surface area contributed by atoms with Crippen LogP contribution in [0.25, 0.3) is 6.08 Å². The van der Waals surface area contributed by atoms with Gasteiger partial charge >= 0.3 is 11.9 Å². The van der Waals surface area contributed by atoms with E-state index in [4.69, 9.17) is 9.47 Å². The van der Waals surface area contributed by atoms with Crippen molar-refractivity contribution < 1.29 is 38.9 Å². The fourth-order valence-corrected chi connectivity index (χ4v) is 7.06. The largest absolute Gasteiger partial charge is 0.460 e. The number of ether oxygens (including phenoxy) is 2. The van der Waals surface area contributed by atoms with Crippen molar-refractivity contribution in [2.45, 2.75) is 96.6 Å². The number of hydrogen-bond acceptors (Lipinski definition) is 8. The van der Waals surface area contributed by atoms with Gasteiger partial charge in [-0.15, -0.1) is 0 Å². The molecule has 216 valence electrons. The monoisotopic (exact) mass is 552 g/mol. The lowest BCUT2D eigenvalue weighted by Crippen LogP contribution is -2.61. The van der Waals surface area contributed by atoms with Crippen LogP contribution in [0.4, 0.5) is 0 Å². The van der Waals surface area contributed by atoms with E-state index in [1.807, 2.05) is 43.3 Å². The zero-order valence-electron chi connectivity index (χ0n) is 23.7. The molecule has 0 aromatic heterocycles. The lowest BCUT2D eigenvalue weighted by Gasteiger charge is -2.50. The zero-order chi connectivity index (χ0) is 29.3. The van der Waals surface area contributed by atoms with Crippen LogP contribution in [0.2, 0.25) is 0 Å². The Bertz CT molecular complexity index is 1220. The van der Waals surface area contributed by atoms with Gasteiger partial charge in [0.05, 0.1) is 11.5 Å². The molecule has 0 aliphatic heterocycles. The summed E-state index contributed by atoms with van der Waals surface area (Å²) in [5, 5.41) is 22.3. The van der Waals surface area contributed by atoms with Crippen LogP contribution in [0, 0.1) is 16.7 Å². The summed E-state index contributed by atoms with van der Waals surface area (Å²) in [6, 6.07) is 9.19. The number of benzene rings is 1. The van der Waals surface area contributed by atoms with Gasteiger partial charge in [-0.1, -0.05) is 48.9 Å². The van der Waals surface area contributed by atoms with Crippen LogP contribution in [-0.4, -0.2) is 57.6 Å². The molecule has 3 aliphatic rings. The second-order valence-corrected chi connectivity index (χ2v) is 12.0. The summed E-state index contributed by atoms with van der Waals surface area (Å²) in [5.41, 5.74) is -2.24. The van der Waals surface area contributed by atoms with Crippen LogP contribution < -0.4 is 0 Å². The first-order valence-electron chi connectivity index (χ1n) is 14.1. The highest BCUT2D eigenvalue weighted by molar-refractivity contribution is 5.92. The van der Waals surface area contributed by atoms with Crippen molar-refractivity contribution >= 4 is 29.6 Å². The van der Waals surface area contributed by atoms with Gasteiger partial charge in [0.25, 0.3) is 0 Å². The Kier molecular flexibility index (Phi) is 8.52. The van der Waals surface area contributed by atoms with E-state index in [0.29, 0.717) is 19.3 Å². The minimum absolute atomic E-state index is 0.0136. The van der Waals surface area contributed by atoms with E-state index in [1.165, 1.54) is 19.9 Å². The van der Waals surface area contributed by atoms with Crippen molar-refractivity contribution in [2.75, 3.05) is 0 Å². The molecule has 40 heavy (non-hydrogen) atoms. The highest BCUT2D eigenvalue weighted by atomic mass is 16.6. The fourth-order valence-electron chi connectivity index (χ4n) is 7.06. The van der Waals surface area contributed by atoms with Gasteiger partial charge in [0.15, 0.2) is 0 Å². The third-order valence-corrected chi connectivity index (χ3v) is 9.68. The summed E-state index contributed by atoms with van der Waals surface area (Å²) in [6.07, 6.45) is 3.88. The SMILES string of the molecule is CC(=O)O[C@@H](C)[C@]1(O)CCC(=O)[C@]1(C)[C@@H](C[C@H]1C(=O)CC=C2C[C@@H](O)CC[C@@]21C)OC(=O)C=Cc1ccccc1. The molecule has 1 aromatic carbocycles. The molecular weight excluding hydrogens is 512 g/mol. The number of hydrogen-bond donors (Lipinski definition) is 2. The molecule has 1 aromatic rings.